The SMILES string of the molecule is Cc1cc(C)c(-c2ccc(N([O])C(C)(C)C)cc2)c(C)c1. The lowest BCUT2D eigenvalue weighted by molar-refractivity contribution is 0.102. The van der Waals surface area contributed by atoms with Gasteiger partial charge >= 0.3 is 0 Å². The summed E-state index contributed by atoms with van der Waals surface area (Å²) in [5, 5.41) is 13.3. The van der Waals surface area contributed by atoms with Crippen molar-refractivity contribution in [3.8, 4) is 11.1 Å². The molecule has 0 spiro atoms. The Kier molecular flexibility index (Phi) is 4.11. The Bertz CT molecular complexity index is 613. The Hall–Kier alpha value is -1.80. The Labute approximate surface area is 128 Å². The Balaban J connectivity index is 2.41. The molecule has 21 heavy (non-hydrogen) atoms. The van der Waals surface area contributed by atoms with Crippen LogP contribution >= 0.6 is 0 Å². The van der Waals surface area contributed by atoms with E-state index in [4.69, 9.17) is 0 Å². The van der Waals surface area contributed by atoms with Gasteiger partial charge in [-0.25, -0.2) is 5.06 Å². The van der Waals surface area contributed by atoms with Gasteiger partial charge in [0.05, 0.1) is 11.2 Å². The van der Waals surface area contributed by atoms with Gasteiger partial charge in [-0.2, -0.15) is 0 Å². The van der Waals surface area contributed by atoms with Crippen LogP contribution in [0.2, 0.25) is 0 Å². The molecule has 0 saturated carbocycles. The lowest BCUT2D eigenvalue weighted by Crippen LogP contribution is -2.37. The van der Waals surface area contributed by atoms with Crippen molar-refractivity contribution < 1.29 is 5.21 Å². The van der Waals surface area contributed by atoms with Crippen LogP contribution in [0.1, 0.15) is 37.5 Å². The molecule has 2 heteroatoms. The van der Waals surface area contributed by atoms with Gasteiger partial charge in [0.25, 0.3) is 0 Å². The van der Waals surface area contributed by atoms with E-state index in [-0.39, 0.29) is 0 Å². The highest BCUT2D eigenvalue weighted by molar-refractivity contribution is 5.72. The van der Waals surface area contributed by atoms with Crippen molar-refractivity contribution in [1.82, 2.24) is 0 Å². The quantitative estimate of drug-likeness (QED) is 0.692. The van der Waals surface area contributed by atoms with Gasteiger partial charge in [-0.05, 0) is 75.9 Å². The number of benzene rings is 2. The van der Waals surface area contributed by atoms with Crippen LogP contribution in [0.5, 0.6) is 0 Å². The molecule has 0 amide bonds. The zero-order valence-electron chi connectivity index (χ0n) is 13.8. The van der Waals surface area contributed by atoms with Crippen molar-refractivity contribution in [1.29, 1.82) is 0 Å². The average molecular weight is 282 g/mol. The standard InChI is InChI=1S/C19H24NO/c1-13-11-14(2)18(15(3)12-13)16-7-9-17(10-8-16)20(21)19(4,5)6/h7-12H,1-6H3. The van der Waals surface area contributed by atoms with Crippen molar-refractivity contribution in [2.24, 2.45) is 0 Å². The first-order chi connectivity index (χ1) is 9.70. The molecule has 0 N–H and O–H groups in total. The van der Waals surface area contributed by atoms with E-state index in [2.05, 4.69) is 32.9 Å². The molecule has 0 fully saturated rings. The van der Waals surface area contributed by atoms with E-state index in [0.29, 0.717) is 5.69 Å². The molecular weight excluding hydrogens is 258 g/mol. The maximum Gasteiger partial charge on any atom is 0.0674 e. The van der Waals surface area contributed by atoms with Crippen molar-refractivity contribution in [2.75, 3.05) is 5.06 Å². The summed E-state index contributed by atoms with van der Waals surface area (Å²) in [7, 11) is 0. The summed E-state index contributed by atoms with van der Waals surface area (Å²) >= 11 is 0. The number of aryl methyl sites for hydroxylation is 3. The summed E-state index contributed by atoms with van der Waals surface area (Å²) in [6, 6.07) is 12.3. The Morgan fingerprint density at radius 2 is 1.33 bits per heavy atom. The Morgan fingerprint density at radius 1 is 0.857 bits per heavy atom. The lowest BCUT2D eigenvalue weighted by atomic mass is 9.93. The molecule has 2 aromatic carbocycles. The van der Waals surface area contributed by atoms with Gasteiger partial charge in [-0.15, -0.1) is 0 Å². The fourth-order valence-corrected chi connectivity index (χ4v) is 2.79. The summed E-state index contributed by atoms with van der Waals surface area (Å²) in [5.74, 6) is 0. The van der Waals surface area contributed by atoms with Gasteiger partial charge in [0.15, 0.2) is 0 Å². The summed E-state index contributed by atoms with van der Waals surface area (Å²) in [5.41, 5.74) is 6.54. The molecule has 111 valence electrons. The lowest BCUT2D eigenvalue weighted by Gasteiger charge is -2.28. The first kappa shape index (κ1) is 15.6. The number of hydroxylamine groups is 1. The number of rotatable bonds is 2. The minimum absolute atomic E-state index is 0.419. The number of hydrogen-bond donors (Lipinski definition) is 0. The molecule has 0 bridgehead atoms. The third-order valence-electron chi connectivity index (χ3n) is 3.68. The van der Waals surface area contributed by atoms with Gasteiger partial charge in [0.1, 0.15) is 0 Å². The normalized spacial score (nSPS) is 11.6. The van der Waals surface area contributed by atoms with E-state index in [1.807, 2.05) is 45.0 Å². The first-order valence-electron chi connectivity index (χ1n) is 7.36. The zero-order chi connectivity index (χ0) is 15.8. The van der Waals surface area contributed by atoms with E-state index in [1.54, 1.807) is 0 Å². The highest BCUT2D eigenvalue weighted by Gasteiger charge is 2.21. The minimum atomic E-state index is -0.419. The van der Waals surface area contributed by atoms with Gasteiger partial charge < -0.3 is 0 Å². The molecular formula is C19H24NO. The second kappa shape index (κ2) is 5.53. The highest BCUT2D eigenvalue weighted by Crippen LogP contribution is 2.31. The predicted molar refractivity (Wildman–Crippen MR) is 89.0 cm³/mol. The average Bonchev–Trinajstić information content (AvgIpc) is 2.36. The molecule has 2 aromatic rings. The van der Waals surface area contributed by atoms with Crippen LogP contribution in [-0.2, 0) is 5.21 Å². The van der Waals surface area contributed by atoms with Gasteiger partial charge in [0.2, 0.25) is 0 Å². The summed E-state index contributed by atoms with van der Waals surface area (Å²) in [6.07, 6.45) is 0. The van der Waals surface area contributed by atoms with Crippen molar-refractivity contribution >= 4 is 5.69 Å². The smallest absolute Gasteiger partial charge is 0.0674 e. The number of hydrogen-bond acceptors (Lipinski definition) is 1. The number of anilines is 1. The van der Waals surface area contributed by atoms with Gasteiger partial charge in [-0.3, -0.25) is 0 Å². The fraction of sp³-hybridized carbons (Fsp3) is 0.368. The summed E-state index contributed by atoms with van der Waals surface area (Å²) in [6.45, 7) is 12.1. The van der Waals surface area contributed by atoms with E-state index < -0.39 is 5.54 Å². The molecule has 0 saturated heterocycles. The van der Waals surface area contributed by atoms with Crippen LogP contribution in [0.25, 0.3) is 11.1 Å². The van der Waals surface area contributed by atoms with Crippen LogP contribution in [-0.4, -0.2) is 5.54 Å². The largest absolute Gasteiger partial charge is 0.215 e. The monoisotopic (exact) mass is 282 g/mol. The number of nitrogens with zero attached hydrogens (tertiary/aromatic N) is 1. The van der Waals surface area contributed by atoms with E-state index >= 15 is 0 Å². The van der Waals surface area contributed by atoms with Crippen molar-refractivity contribution in [3.05, 3.63) is 53.1 Å². The second-order valence-electron chi connectivity index (χ2n) is 6.79. The molecule has 0 aliphatic heterocycles. The zero-order valence-corrected chi connectivity index (χ0v) is 13.8. The molecule has 0 heterocycles. The van der Waals surface area contributed by atoms with Gasteiger partial charge in [0, 0.05) is 0 Å². The molecule has 2 rings (SSSR count). The Morgan fingerprint density at radius 3 is 1.76 bits per heavy atom. The predicted octanol–water partition coefficient (Wildman–Crippen LogP) is 5.23. The highest BCUT2D eigenvalue weighted by atomic mass is 16.5. The van der Waals surface area contributed by atoms with E-state index in [0.717, 1.165) is 10.6 Å². The van der Waals surface area contributed by atoms with E-state index in [9.17, 15) is 5.21 Å². The summed E-state index contributed by atoms with van der Waals surface area (Å²) < 4.78 is 0. The summed E-state index contributed by atoms with van der Waals surface area (Å²) in [4.78, 5) is 0. The van der Waals surface area contributed by atoms with Gasteiger partial charge in [-0.1, -0.05) is 35.0 Å². The molecule has 0 aliphatic rings. The third-order valence-corrected chi connectivity index (χ3v) is 3.68. The molecule has 1 radical (unpaired) electrons. The molecule has 0 aromatic heterocycles. The maximum atomic E-state index is 12.2. The molecule has 0 aliphatic carbocycles. The molecule has 0 atom stereocenters. The maximum absolute atomic E-state index is 12.2. The third kappa shape index (κ3) is 3.27. The molecule has 2 nitrogen and oxygen atoms in total. The molecule has 0 unspecified atom stereocenters. The second-order valence-corrected chi connectivity index (χ2v) is 6.79. The van der Waals surface area contributed by atoms with Crippen molar-refractivity contribution in [2.45, 2.75) is 47.1 Å². The topological polar surface area (TPSA) is 23.1 Å². The van der Waals surface area contributed by atoms with Crippen LogP contribution in [0.3, 0.4) is 0 Å². The van der Waals surface area contributed by atoms with Crippen LogP contribution < -0.4 is 5.06 Å². The van der Waals surface area contributed by atoms with E-state index in [1.165, 1.54) is 22.3 Å². The van der Waals surface area contributed by atoms with Crippen LogP contribution in [0.15, 0.2) is 36.4 Å². The minimum Gasteiger partial charge on any atom is -0.215 e. The fourth-order valence-electron chi connectivity index (χ4n) is 2.79. The van der Waals surface area contributed by atoms with Crippen molar-refractivity contribution in [3.63, 3.8) is 0 Å². The first-order valence-corrected chi connectivity index (χ1v) is 7.36. The van der Waals surface area contributed by atoms with Crippen LogP contribution in [0, 0.1) is 20.8 Å². The van der Waals surface area contributed by atoms with Crippen LogP contribution in [0.4, 0.5) is 5.69 Å².